The van der Waals surface area contributed by atoms with Crippen LogP contribution in [-0.2, 0) is 17.9 Å². The average Bonchev–Trinajstić information content (AvgIpc) is 2.79. The fourth-order valence-corrected chi connectivity index (χ4v) is 3.96. The normalized spacial score (nSPS) is 19.5. The minimum atomic E-state index is -0.350. The van der Waals surface area contributed by atoms with Crippen LogP contribution in [0.2, 0.25) is 0 Å². The van der Waals surface area contributed by atoms with E-state index in [-0.39, 0.29) is 25.4 Å². The molecule has 7 nitrogen and oxygen atoms in total. The van der Waals surface area contributed by atoms with Crippen molar-refractivity contribution in [3.8, 4) is 17.2 Å². The fraction of sp³-hybridized carbons (Fsp3) is 0.478. The summed E-state index contributed by atoms with van der Waals surface area (Å²) in [4.78, 5) is 2.28. The molecule has 164 valence electrons. The molecule has 0 amide bonds. The molecule has 7 heteroatoms. The highest BCUT2D eigenvalue weighted by Gasteiger charge is 2.34. The topological polar surface area (TPSA) is 80.6 Å². The molecule has 0 spiro atoms. The van der Waals surface area contributed by atoms with Crippen LogP contribution in [0.15, 0.2) is 36.4 Å². The Labute approximate surface area is 177 Å². The van der Waals surface area contributed by atoms with E-state index in [2.05, 4.69) is 4.90 Å². The molecule has 0 aliphatic carbocycles. The second-order valence-corrected chi connectivity index (χ2v) is 7.15. The Balaban J connectivity index is 1.90. The van der Waals surface area contributed by atoms with Gasteiger partial charge in [0, 0.05) is 18.7 Å². The largest absolute Gasteiger partial charge is 0.494 e. The van der Waals surface area contributed by atoms with Crippen molar-refractivity contribution < 1.29 is 29.2 Å². The van der Waals surface area contributed by atoms with Crippen LogP contribution in [0.1, 0.15) is 29.7 Å². The highest BCUT2D eigenvalue weighted by atomic mass is 16.5. The smallest absolute Gasteiger partial charge is 0.161 e. The molecule has 1 aliphatic heterocycles. The van der Waals surface area contributed by atoms with Gasteiger partial charge in [0.1, 0.15) is 11.9 Å². The molecule has 2 aromatic carbocycles. The zero-order valence-electron chi connectivity index (χ0n) is 17.8. The average molecular weight is 418 g/mol. The van der Waals surface area contributed by atoms with Crippen molar-refractivity contribution in [1.82, 2.24) is 4.90 Å². The number of morpholine rings is 1. The number of hydrogen-bond donors (Lipinski definition) is 2. The first kappa shape index (κ1) is 22.4. The van der Waals surface area contributed by atoms with Crippen molar-refractivity contribution in [3.05, 3.63) is 53.1 Å². The number of nitrogens with zero attached hydrogens (tertiary/aromatic N) is 1. The summed E-state index contributed by atoms with van der Waals surface area (Å²) in [6.07, 6.45) is -0.350. The molecule has 2 aromatic rings. The first-order chi connectivity index (χ1) is 14.6. The minimum absolute atomic E-state index is 0.0787. The van der Waals surface area contributed by atoms with Gasteiger partial charge < -0.3 is 29.2 Å². The number of rotatable bonds is 9. The van der Waals surface area contributed by atoms with E-state index in [4.69, 9.17) is 18.9 Å². The van der Waals surface area contributed by atoms with Crippen LogP contribution in [0, 0.1) is 0 Å². The molecular weight excluding hydrogens is 386 g/mol. The molecule has 1 aliphatic rings. The molecular formula is C23H31NO6. The first-order valence-electron chi connectivity index (χ1n) is 10.2. The van der Waals surface area contributed by atoms with Gasteiger partial charge >= 0.3 is 0 Å². The Morgan fingerprint density at radius 1 is 1.03 bits per heavy atom. The monoisotopic (exact) mass is 417 g/mol. The van der Waals surface area contributed by atoms with E-state index in [0.29, 0.717) is 37.0 Å². The van der Waals surface area contributed by atoms with Crippen molar-refractivity contribution in [2.75, 3.05) is 40.6 Å². The summed E-state index contributed by atoms with van der Waals surface area (Å²) in [5.74, 6) is 2.00. The lowest BCUT2D eigenvalue weighted by atomic mass is 9.97. The summed E-state index contributed by atoms with van der Waals surface area (Å²) in [5.41, 5.74) is 2.82. The molecule has 2 atom stereocenters. The predicted octanol–water partition coefficient (Wildman–Crippen LogP) is 2.53. The molecule has 1 saturated heterocycles. The van der Waals surface area contributed by atoms with Crippen molar-refractivity contribution in [3.63, 3.8) is 0 Å². The van der Waals surface area contributed by atoms with E-state index in [1.165, 1.54) is 0 Å². The summed E-state index contributed by atoms with van der Waals surface area (Å²) in [6.45, 7) is 4.22. The van der Waals surface area contributed by atoms with Crippen molar-refractivity contribution in [1.29, 1.82) is 0 Å². The lowest BCUT2D eigenvalue weighted by Crippen LogP contribution is -2.46. The van der Waals surface area contributed by atoms with Crippen molar-refractivity contribution in [2.24, 2.45) is 0 Å². The quantitative estimate of drug-likeness (QED) is 0.649. The van der Waals surface area contributed by atoms with Crippen LogP contribution in [0.3, 0.4) is 0 Å². The summed E-state index contributed by atoms with van der Waals surface area (Å²) < 4.78 is 22.3. The molecule has 3 rings (SSSR count). The highest BCUT2D eigenvalue weighted by molar-refractivity contribution is 5.44. The van der Waals surface area contributed by atoms with Crippen LogP contribution in [0.25, 0.3) is 0 Å². The van der Waals surface area contributed by atoms with Gasteiger partial charge in [0.25, 0.3) is 0 Å². The Morgan fingerprint density at radius 3 is 2.47 bits per heavy atom. The fourth-order valence-electron chi connectivity index (χ4n) is 3.96. The molecule has 0 unspecified atom stereocenters. The molecule has 0 radical (unpaired) electrons. The van der Waals surface area contributed by atoms with Gasteiger partial charge in [-0.1, -0.05) is 12.1 Å². The van der Waals surface area contributed by atoms with E-state index in [9.17, 15) is 10.2 Å². The molecule has 30 heavy (non-hydrogen) atoms. The van der Waals surface area contributed by atoms with E-state index < -0.39 is 0 Å². The first-order valence-corrected chi connectivity index (χ1v) is 10.2. The highest BCUT2D eigenvalue weighted by Crippen LogP contribution is 2.36. The molecule has 1 heterocycles. The van der Waals surface area contributed by atoms with Gasteiger partial charge in [-0.2, -0.15) is 0 Å². The zero-order chi connectivity index (χ0) is 21.5. The summed E-state index contributed by atoms with van der Waals surface area (Å²) in [7, 11) is 3.21. The lowest BCUT2D eigenvalue weighted by Gasteiger charge is -2.41. The Bertz CT molecular complexity index is 827. The molecule has 0 bridgehead atoms. The summed E-state index contributed by atoms with van der Waals surface area (Å²) >= 11 is 0. The van der Waals surface area contributed by atoms with E-state index in [1.807, 2.05) is 43.3 Å². The van der Waals surface area contributed by atoms with Crippen LogP contribution >= 0.6 is 0 Å². The molecule has 2 N–H and O–H groups in total. The summed E-state index contributed by atoms with van der Waals surface area (Å²) in [5, 5.41) is 19.7. The third kappa shape index (κ3) is 4.87. The van der Waals surface area contributed by atoms with Crippen LogP contribution in [0.5, 0.6) is 17.2 Å². The predicted molar refractivity (Wildman–Crippen MR) is 113 cm³/mol. The molecule has 0 saturated carbocycles. The minimum Gasteiger partial charge on any atom is -0.494 e. The van der Waals surface area contributed by atoms with Gasteiger partial charge in [-0.15, -0.1) is 0 Å². The third-order valence-corrected chi connectivity index (χ3v) is 5.37. The van der Waals surface area contributed by atoms with Crippen LogP contribution in [0.4, 0.5) is 0 Å². The number of ether oxygens (including phenoxy) is 4. The third-order valence-electron chi connectivity index (χ3n) is 5.37. The molecule has 0 aromatic heterocycles. The number of hydrogen-bond acceptors (Lipinski definition) is 7. The number of aliphatic hydroxyl groups is 2. The SMILES string of the molecule is CCOc1ccc(CN2CCO[C@H](CO)[C@H]2c2ccc(OC)c(OC)c2)cc1CO. The van der Waals surface area contributed by atoms with Crippen molar-refractivity contribution >= 4 is 0 Å². The van der Waals surface area contributed by atoms with E-state index in [0.717, 1.165) is 23.2 Å². The summed E-state index contributed by atoms with van der Waals surface area (Å²) in [6, 6.07) is 11.5. The van der Waals surface area contributed by atoms with E-state index in [1.54, 1.807) is 14.2 Å². The standard InChI is InChI=1S/C23H31NO6/c1-4-29-19-7-5-16(11-18(19)14-25)13-24-9-10-30-22(15-26)23(24)17-6-8-20(27-2)21(12-17)28-3/h5-8,11-12,22-23,25-26H,4,9-10,13-15H2,1-3H3/t22-,23-/m1/s1. The van der Waals surface area contributed by atoms with Gasteiger partial charge in [0.15, 0.2) is 11.5 Å². The second-order valence-electron chi connectivity index (χ2n) is 7.15. The number of methoxy groups -OCH3 is 2. The van der Waals surface area contributed by atoms with Gasteiger partial charge in [0.05, 0.1) is 46.7 Å². The van der Waals surface area contributed by atoms with Gasteiger partial charge in [-0.3, -0.25) is 4.90 Å². The van der Waals surface area contributed by atoms with Crippen LogP contribution < -0.4 is 14.2 Å². The Morgan fingerprint density at radius 2 is 1.80 bits per heavy atom. The van der Waals surface area contributed by atoms with E-state index >= 15 is 0 Å². The number of aliphatic hydroxyl groups excluding tert-OH is 2. The maximum atomic E-state index is 9.95. The Kier molecular flexibility index (Phi) is 7.93. The number of benzene rings is 2. The Hall–Kier alpha value is -2.32. The van der Waals surface area contributed by atoms with Gasteiger partial charge in [-0.05, 0) is 42.3 Å². The van der Waals surface area contributed by atoms with Crippen molar-refractivity contribution in [2.45, 2.75) is 32.2 Å². The van der Waals surface area contributed by atoms with Gasteiger partial charge in [-0.25, -0.2) is 0 Å². The molecule has 1 fully saturated rings. The lowest BCUT2D eigenvalue weighted by molar-refractivity contribution is -0.0961. The zero-order valence-corrected chi connectivity index (χ0v) is 17.8. The maximum absolute atomic E-state index is 9.95. The van der Waals surface area contributed by atoms with Crippen LogP contribution in [-0.4, -0.2) is 61.8 Å². The maximum Gasteiger partial charge on any atom is 0.161 e. The van der Waals surface area contributed by atoms with Gasteiger partial charge in [0.2, 0.25) is 0 Å². The second kappa shape index (κ2) is 10.6.